The van der Waals surface area contributed by atoms with Crippen molar-refractivity contribution in [3.8, 4) is 0 Å². The fourth-order valence-corrected chi connectivity index (χ4v) is 1.98. The zero-order valence-electron chi connectivity index (χ0n) is 10.6. The summed E-state index contributed by atoms with van der Waals surface area (Å²) in [5.41, 5.74) is 0.787. The molecule has 1 atom stereocenters. The Bertz CT molecular complexity index is 501. The minimum Gasteiger partial charge on any atom is -0.481 e. The monoisotopic (exact) mass is 281 g/mol. The third kappa shape index (κ3) is 3.25. The van der Waals surface area contributed by atoms with E-state index in [0.29, 0.717) is 6.54 Å². The Morgan fingerprint density at radius 3 is 3.00 bits per heavy atom. The van der Waals surface area contributed by atoms with Crippen molar-refractivity contribution >= 4 is 17.9 Å². The molecule has 2 rings (SSSR count). The summed E-state index contributed by atoms with van der Waals surface area (Å²) in [4.78, 5) is 35.7. The van der Waals surface area contributed by atoms with Crippen LogP contribution < -0.4 is 10.6 Å². The second-order valence-electron chi connectivity index (χ2n) is 4.36. The highest BCUT2D eigenvalue weighted by molar-refractivity contribution is 5.91. The number of carboxylic acid groups (broad SMARTS) is 1. The molecule has 0 aromatic carbocycles. The van der Waals surface area contributed by atoms with Gasteiger partial charge in [0.25, 0.3) is 0 Å². The molecule has 0 radical (unpaired) electrons. The van der Waals surface area contributed by atoms with Crippen molar-refractivity contribution in [2.45, 2.75) is 19.0 Å². The van der Waals surface area contributed by atoms with Crippen LogP contribution in [-0.4, -0.2) is 57.2 Å². The lowest BCUT2D eigenvalue weighted by Crippen LogP contribution is -2.59. The fraction of sp³-hybridized carbons (Fsp3) is 0.455. The van der Waals surface area contributed by atoms with Crippen LogP contribution in [0.1, 0.15) is 12.0 Å². The van der Waals surface area contributed by atoms with E-state index in [0.717, 1.165) is 5.56 Å². The molecule has 0 aliphatic carbocycles. The van der Waals surface area contributed by atoms with Crippen LogP contribution in [0.15, 0.2) is 12.4 Å². The van der Waals surface area contributed by atoms with E-state index in [1.807, 2.05) is 0 Å². The summed E-state index contributed by atoms with van der Waals surface area (Å²) < 4.78 is 0. The molecule has 9 nitrogen and oxygen atoms in total. The van der Waals surface area contributed by atoms with Crippen molar-refractivity contribution in [1.82, 2.24) is 25.7 Å². The smallest absolute Gasteiger partial charge is 0.318 e. The summed E-state index contributed by atoms with van der Waals surface area (Å²) in [7, 11) is 0. The number of aliphatic carboxylic acids is 1. The molecule has 3 amide bonds. The summed E-state index contributed by atoms with van der Waals surface area (Å²) in [6.07, 6.45) is 2.79. The van der Waals surface area contributed by atoms with Gasteiger partial charge in [0.1, 0.15) is 6.04 Å². The zero-order chi connectivity index (χ0) is 14.5. The maximum Gasteiger partial charge on any atom is 0.318 e. The highest BCUT2D eigenvalue weighted by Gasteiger charge is 2.34. The molecule has 0 spiro atoms. The van der Waals surface area contributed by atoms with Gasteiger partial charge >= 0.3 is 12.0 Å². The Labute approximate surface area is 114 Å². The van der Waals surface area contributed by atoms with Gasteiger partial charge in [0, 0.05) is 31.4 Å². The number of hydrogen-bond donors (Lipinski definition) is 4. The molecule has 108 valence electrons. The first kappa shape index (κ1) is 13.8. The van der Waals surface area contributed by atoms with Gasteiger partial charge in [0.05, 0.1) is 12.6 Å². The second kappa shape index (κ2) is 6.04. The van der Waals surface area contributed by atoms with E-state index in [9.17, 15) is 14.4 Å². The maximum atomic E-state index is 12.0. The Balaban J connectivity index is 1.97. The minimum atomic E-state index is -1.13. The molecule has 1 unspecified atom stereocenters. The predicted octanol–water partition coefficient (Wildman–Crippen LogP) is -1.11. The van der Waals surface area contributed by atoms with Gasteiger partial charge in [-0.2, -0.15) is 5.10 Å². The standard InChI is InChI=1S/C11H15N5O4/c17-9(18)3-8-10(19)12-1-2-16(8)11(20)13-4-7-5-14-15-6-7/h5-6,8H,1-4H2,(H,12,19)(H,13,20)(H,14,15)(H,17,18). The van der Waals surface area contributed by atoms with Gasteiger partial charge in [-0.1, -0.05) is 0 Å². The molecule has 0 saturated carbocycles. The summed E-state index contributed by atoms with van der Waals surface area (Å²) in [6.45, 7) is 0.849. The first-order valence-electron chi connectivity index (χ1n) is 6.09. The van der Waals surface area contributed by atoms with Crippen LogP contribution in [0.2, 0.25) is 0 Å². The average molecular weight is 281 g/mol. The Hall–Kier alpha value is -2.58. The van der Waals surface area contributed by atoms with Gasteiger partial charge in [0.15, 0.2) is 0 Å². The largest absolute Gasteiger partial charge is 0.481 e. The fourth-order valence-electron chi connectivity index (χ4n) is 1.98. The first-order valence-corrected chi connectivity index (χ1v) is 6.09. The average Bonchev–Trinajstić information content (AvgIpc) is 2.91. The number of aromatic nitrogens is 2. The van der Waals surface area contributed by atoms with Crippen LogP contribution in [0.3, 0.4) is 0 Å². The number of carboxylic acids is 1. The van der Waals surface area contributed by atoms with Crippen LogP contribution in [0.25, 0.3) is 0 Å². The van der Waals surface area contributed by atoms with E-state index >= 15 is 0 Å². The minimum absolute atomic E-state index is 0.257. The van der Waals surface area contributed by atoms with Crippen LogP contribution in [-0.2, 0) is 16.1 Å². The van der Waals surface area contributed by atoms with Gasteiger partial charge < -0.3 is 20.6 Å². The van der Waals surface area contributed by atoms with Gasteiger partial charge in [-0.05, 0) is 0 Å². The van der Waals surface area contributed by atoms with E-state index in [4.69, 9.17) is 5.11 Å². The Morgan fingerprint density at radius 1 is 1.55 bits per heavy atom. The number of piperazine rings is 1. The number of H-pyrrole nitrogens is 1. The molecule has 9 heteroatoms. The molecular formula is C11H15N5O4. The maximum absolute atomic E-state index is 12.0. The van der Waals surface area contributed by atoms with Crippen molar-refractivity contribution in [2.75, 3.05) is 13.1 Å². The van der Waals surface area contributed by atoms with E-state index in [-0.39, 0.29) is 13.1 Å². The number of urea groups is 1. The number of carbonyl (C=O) groups is 3. The normalized spacial score (nSPS) is 18.5. The lowest BCUT2D eigenvalue weighted by molar-refractivity contribution is -0.142. The molecule has 1 saturated heterocycles. The molecule has 1 fully saturated rings. The second-order valence-corrected chi connectivity index (χ2v) is 4.36. The number of rotatable bonds is 4. The van der Waals surface area contributed by atoms with Crippen molar-refractivity contribution in [2.24, 2.45) is 0 Å². The molecular weight excluding hydrogens is 266 g/mol. The van der Waals surface area contributed by atoms with Gasteiger partial charge in [-0.25, -0.2) is 4.79 Å². The van der Waals surface area contributed by atoms with Crippen LogP contribution >= 0.6 is 0 Å². The van der Waals surface area contributed by atoms with E-state index < -0.39 is 30.4 Å². The molecule has 4 N–H and O–H groups in total. The molecule has 20 heavy (non-hydrogen) atoms. The lowest BCUT2D eigenvalue weighted by atomic mass is 10.1. The third-order valence-corrected chi connectivity index (χ3v) is 2.96. The number of aromatic amines is 1. The van der Waals surface area contributed by atoms with E-state index in [2.05, 4.69) is 20.8 Å². The molecule has 1 aromatic heterocycles. The van der Waals surface area contributed by atoms with Gasteiger partial charge in [0.2, 0.25) is 5.91 Å². The molecule has 1 aromatic rings. The Kier molecular flexibility index (Phi) is 4.18. The number of carbonyl (C=O) groups excluding carboxylic acids is 2. The number of amides is 3. The molecule has 0 bridgehead atoms. The van der Waals surface area contributed by atoms with Crippen LogP contribution in [0.4, 0.5) is 4.79 Å². The third-order valence-electron chi connectivity index (χ3n) is 2.96. The molecule has 2 heterocycles. The highest BCUT2D eigenvalue weighted by Crippen LogP contribution is 2.09. The Morgan fingerprint density at radius 2 is 2.35 bits per heavy atom. The SMILES string of the molecule is O=C(O)CC1C(=O)NCCN1C(=O)NCc1cn[nH]c1. The number of nitrogens with zero attached hydrogens (tertiary/aromatic N) is 2. The lowest BCUT2D eigenvalue weighted by Gasteiger charge is -2.34. The topological polar surface area (TPSA) is 127 Å². The molecule has 1 aliphatic rings. The first-order chi connectivity index (χ1) is 9.58. The number of nitrogens with one attached hydrogen (secondary N) is 3. The summed E-state index contributed by atoms with van der Waals surface area (Å²) >= 11 is 0. The summed E-state index contributed by atoms with van der Waals surface area (Å²) in [5.74, 6) is -1.57. The molecule has 1 aliphatic heterocycles. The van der Waals surface area contributed by atoms with Crippen molar-refractivity contribution < 1.29 is 19.5 Å². The van der Waals surface area contributed by atoms with E-state index in [1.54, 1.807) is 12.4 Å². The van der Waals surface area contributed by atoms with Crippen LogP contribution in [0, 0.1) is 0 Å². The summed E-state index contributed by atoms with van der Waals surface area (Å²) in [6, 6.07) is -1.45. The van der Waals surface area contributed by atoms with Gasteiger partial charge in [-0.3, -0.25) is 14.7 Å². The van der Waals surface area contributed by atoms with E-state index in [1.165, 1.54) is 4.90 Å². The summed E-state index contributed by atoms with van der Waals surface area (Å²) in [5, 5.41) is 20.4. The van der Waals surface area contributed by atoms with Gasteiger partial charge in [-0.15, -0.1) is 0 Å². The predicted molar refractivity (Wildman–Crippen MR) is 66.6 cm³/mol. The van der Waals surface area contributed by atoms with Crippen molar-refractivity contribution in [1.29, 1.82) is 0 Å². The number of hydrogen-bond acceptors (Lipinski definition) is 4. The van der Waals surface area contributed by atoms with Crippen LogP contribution in [0.5, 0.6) is 0 Å². The highest BCUT2D eigenvalue weighted by atomic mass is 16.4. The van der Waals surface area contributed by atoms with Crippen molar-refractivity contribution in [3.05, 3.63) is 18.0 Å². The zero-order valence-corrected chi connectivity index (χ0v) is 10.6. The van der Waals surface area contributed by atoms with Crippen molar-refractivity contribution in [3.63, 3.8) is 0 Å². The quantitative estimate of drug-likeness (QED) is 0.556.